The van der Waals surface area contributed by atoms with Gasteiger partial charge in [0.25, 0.3) is 0 Å². The van der Waals surface area contributed by atoms with Gasteiger partial charge >= 0.3 is 5.69 Å². The van der Waals surface area contributed by atoms with Gasteiger partial charge in [0.2, 0.25) is 11.8 Å². The summed E-state index contributed by atoms with van der Waals surface area (Å²) in [4.78, 5) is 17.8. The molecule has 0 atom stereocenters. The number of aliphatic hydroxyl groups is 1. The highest BCUT2D eigenvalue weighted by atomic mass is 19.1. The second kappa shape index (κ2) is 10.1. The van der Waals surface area contributed by atoms with Crippen molar-refractivity contribution >= 4 is 11.0 Å². The zero-order valence-electron chi connectivity index (χ0n) is 19.6. The van der Waals surface area contributed by atoms with E-state index in [-0.39, 0.29) is 23.6 Å². The molecule has 0 saturated heterocycles. The van der Waals surface area contributed by atoms with E-state index in [1.54, 1.807) is 18.2 Å². The number of aryl methyl sites for hydroxylation is 1. The van der Waals surface area contributed by atoms with Crippen molar-refractivity contribution < 1.29 is 19.0 Å². The molecule has 3 aromatic carbocycles. The topological polar surface area (TPSA) is 78.5 Å². The Morgan fingerprint density at radius 3 is 2.14 bits per heavy atom. The quantitative estimate of drug-likeness (QED) is 0.350. The maximum absolute atomic E-state index is 15.0. The number of fused-ring (bicyclic) bond motifs is 1. The number of aliphatic hydroxyl groups excluding tert-OH is 1. The second-order valence-electron chi connectivity index (χ2n) is 8.26. The van der Waals surface area contributed by atoms with Gasteiger partial charge in [0.05, 0.1) is 12.1 Å². The maximum Gasteiger partial charge on any atom is 0.333 e. The third kappa shape index (κ3) is 4.46. The molecule has 0 fully saturated rings. The molecule has 0 aliphatic rings. The first-order valence-corrected chi connectivity index (χ1v) is 11.4. The minimum atomic E-state index is -0.643. The van der Waals surface area contributed by atoms with Crippen molar-refractivity contribution in [3.63, 3.8) is 0 Å². The highest BCUT2D eigenvalue weighted by molar-refractivity contribution is 5.80. The van der Waals surface area contributed by atoms with Crippen LogP contribution < -0.4 is 15.2 Å². The monoisotopic (exact) mass is 485 g/mol. The highest BCUT2D eigenvalue weighted by Crippen LogP contribution is 2.29. The van der Waals surface area contributed by atoms with E-state index in [1.807, 2.05) is 60.7 Å². The van der Waals surface area contributed by atoms with Crippen molar-refractivity contribution in [2.24, 2.45) is 7.05 Å². The first kappa shape index (κ1) is 23.3. The van der Waals surface area contributed by atoms with Crippen molar-refractivity contribution in [2.75, 3.05) is 0 Å². The normalized spacial score (nSPS) is 11.1. The van der Waals surface area contributed by atoms with Gasteiger partial charge in [-0.1, -0.05) is 66.7 Å². The van der Waals surface area contributed by atoms with E-state index in [4.69, 9.17) is 9.47 Å². The SMILES string of the molecule is Cn1c(=O)n(-c2ccc(OCc3ccccc3)nc2OCc2ccccc2)c2ccc(CO)c(F)c21. The largest absolute Gasteiger partial charge is 0.473 e. The summed E-state index contributed by atoms with van der Waals surface area (Å²) in [5, 5.41) is 9.47. The molecule has 0 spiro atoms. The van der Waals surface area contributed by atoms with Crippen molar-refractivity contribution in [1.82, 2.24) is 14.1 Å². The number of aromatic nitrogens is 3. The Kier molecular flexibility index (Phi) is 6.51. The molecule has 0 aliphatic heterocycles. The maximum atomic E-state index is 15.0. The van der Waals surface area contributed by atoms with Gasteiger partial charge in [-0.25, -0.2) is 9.18 Å². The molecule has 2 aromatic heterocycles. The predicted octanol–water partition coefficient (Wildman–Crippen LogP) is 4.51. The van der Waals surface area contributed by atoms with E-state index >= 15 is 4.39 Å². The summed E-state index contributed by atoms with van der Waals surface area (Å²) in [6.45, 7) is 0.0573. The lowest BCUT2D eigenvalue weighted by atomic mass is 10.2. The van der Waals surface area contributed by atoms with Gasteiger partial charge in [-0.05, 0) is 23.3 Å². The van der Waals surface area contributed by atoms with Gasteiger partial charge in [-0.3, -0.25) is 9.13 Å². The molecule has 0 aliphatic carbocycles. The number of halogens is 1. The first-order valence-electron chi connectivity index (χ1n) is 11.4. The van der Waals surface area contributed by atoms with Crippen molar-refractivity contribution in [2.45, 2.75) is 19.8 Å². The van der Waals surface area contributed by atoms with Crippen LogP contribution in [0.4, 0.5) is 4.39 Å². The second-order valence-corrected chi connectivity index (χ2v) is 8.26. The van der Waals surface area contributed by atoms with Crippen LogP contribution in [0.5, 0.6) is 11.8 Å². The fourth-order valence-electron chi connectivity index (χ4n) is 4.03. The van der Waals surface area contributed by atoms with E-state index in [0.717, 1.165) is 11.1 Å². The number of hydrogen-bond acceptors (Lipinski definition) is 5. The van der Waals surface area contributed by atoms with Gasteiger partial charge in [-0.2, -0.15) is 4.98 Å². The standard InChI is InChI=1S/C28H24FN3O4/c1-31-26-22(13-12-21(16-33)25(26)29)32(28(31)34)23-14-15-24(35-17-19-8-4-2-5-9-19)30-27(23)36-18-20-10-6-3-7-11-20/h2-15,33H,16-18H2,1H3. The number of rotatable bonds is 8. The average molecular weight is 486 g/mol. The highest BCUT2D eigenvalue weighted by Gasteiger charge is 2.21. The zero-order chi connectivity index (χ0) is 25.1. The fraction of sp³-hybridized carbons (Fsp3) is 0.143. The van der Waals surface area contributed by atoms with Crippen LogP contribution in [0.3, 0.4) is 0 Å². The van der Waals surface area contributed by atoms with Crippen LogP contribution in [0.1, 0.15) is 16.7 Å². The van der Waals surface area contributed by atoms with Crippen LogP contribution in [-0.2, 0) is 26.9 Å². The number of pyridine rings is 1. The zero-order valence-corrected chi connectivity index (χ0v) is 19.6. The van der Waals surface area contributed by atoms with Gasteiger partial charge in [0.1, 0.15) is 24.4 Å². The predicted molar refractivity (Wildman–Crippen MR) is 134 cm³/mol. The van der Waals surface area contributed by atoms with Crippen molar-refractivity contribution in [3.05, 3.63) is 118 Å². The number of hydrogen-bond donors (Lipinski definition) is 1. The molecule has 7 nitrogen and oxygen atoms in total. The summed E-state index contributed by atoms with van der Waals surface area (Å²) in [5.74, 6) is -0.144. The van der Waals surface area contributed by atoms with Crippen LogP contribution in [0.15, 0.2) is 89.7 Å². The van der Waals surface area contributed by atoms with E-state index < -0.39 is 18.1 Å². The Morgan fingerprint density at radius 1 is 0.861 bits per heavy atom. The third-order valence-corrected chi connectivity index (χ3v) is 5.90. The van der Waals surface area contributed by atoms with E-state index in [0.29, 0.717) is 23.7 Å². The van der Waals surface area contributed by atoms with E-state index in [1.165, 1.54) is 22.2 Å². The summed E-state index contributed by atoms with van der Waals surface area (Å²) in [7, 11) is 1.49. The molecule has 0 amide bonds. The lowest BCUT2D eigenvalue weighted by Gasteiger charge is -2.14. The van der Waals surface area contributed by atoms with Crippen LogP contribution in [0, 0.1) is 5.82 Å². The first-order chi connectivity index (χ1) is 17.6. The molecule has 8 heteroatoms. The lowest BCUT2D eigenvalue weighted by molar-refractivity contribution is 0.267. The molecule has 0 saturated carbocycles. The van der Waals surface area contributed by atoms with Gasteiger partial charge in [0, 0.05) is 18.7 Å². The van der Waals surface area contributed by atoms with E-state index in [9.17, 15) is 9.90 Å². The third-order valence-electron chi connectivity index (χ3n) is 5.90. The smallest absolute Gasteiger partial charge is 0.333 e. The summed E-state index contributed by atoms with van der Waals surface area (Å²) in [6, 6.07) is 25.6. The molecular formula is C28H24FN3O4. The lowest BCUT2D eigenvalue weighted by Crippen LogP contribution is -2.21. The molecule has 0 radical (unpaired) electrons. The summed E-state index contributed by atoms with van der Waals surface area (Å²) in [6.07, 6.45) is 0. The molecular weight excluding hydrogens is 461 g/mol. The molecule has 5 aromatic rings. The Balaban J connectivity index is 1.58. The Labute approximate surface area is 206 Å². The Bertz CT molecular complexity index is 1560. The van der Waals surface area contributed by atoms with Gasteiger partial charge in [-0.15, -0.1) is 0 Å². The van der Waals surface area contributed by atoms with Crippen LogP contribution in [-0.4, -0.2) is 19.2 Å². The summed E-state index contributed by atoms with van der Waals surface area (Å²) >= 11 is 0. The molecule has 1 N–H and O–H groups in total. The van der Waals surface area contributed by atoms with Crippen molar-refractivity contribution in [1.29, 1.82) is 0 Å². The minimum Gasteiger partial charge on any atom is -0.473 e. The van der Waals surface area contributed by atoms with Gasteiger partial charge in [0.15, 0.2) is 5.82 Å². The molecule has 2 heterocycles. The molecule has 0 unspecified atom stereocenters. The molecule has 0 bridgehead atoms. The number of imidazole rings is 1. The summed E-state index contributed by atoms with van der Waals surface area (Å²) < 4.78 is 29.5. The Hall–Kier alpha value is -4.43. The molecule has 36 heavy (non-hydrogen) atoms. The number of ether oxygens (including phenoxy) is 2. The minimum absolute atomic E-state index is 0.0879. The average Bonchev–Trinajstić information content (AvgIpc) is 3.17. The van der Waals surface area contributed by atoms with E-state index in [2.05, 4.69) is 4.98 Å². The number of nitrogens with zero attached hydrogens (tertiary/aromatic N) is 3. The summed E-state index contributed by atoms with van der Waals surface area (Å²) in [5.41, 5.74) is 2.32. The number of benzene rings is 3. The van der Waals surface area contributed by atoms with Crippen LogP contribution >= 0.6 is 0 Å². The Morgan fingerprint density at radius 2 is 1.50 bits per heavy atom. The molecule has 182 valence electrons. The van der Waals surface area contributed by atoms with Crippen LogP contribution in [0.2, 0.25) is 0 Å². The van der Waals surface area contributed by atoms with Crippen molar-refractivity contribution in [3.8, 4) is 17.4 Å². The molecule has 5 rings (SSSR count). The van der Waals surface area contributed by atoms with Gasteiger partial charge < -0.3 is 14.6 Å². The fourth-order valence-corrected chi connectivity index (χ4v) is 4.03. The van der Waals surface area contributed by atoms with Crippen LogP contribution in [0.25, 0.3) is 16.7 Å².